The lowest BCUT2D eigenvalue weighted by Gasteiger charge is -2.59. The molecule has 0 bridgehead atoms. The zero-order valence-electron chi connectivity index (χ0n) is 23.4. The quantitative estimate of drug-likeness (QED) is 0.276. The van der Waals surface area contributed by atoms with E-state index in [0.717, 1.165) is 37.0 Å². The second-order valence-electron chi connectivity index (χ2n) is 13.5. The van der Waals surface area contributed by atoms with E-state index < -0.39 is 0 Å². The van der Waals surface area contributed by atoms with Crippen molar-refractivity contribution < 1.29 is 19.1 Å². The van der Waals surface area contributed by atoms with Crippen LogP contribution in [0.2, 0.25) is 0 Å². The number of hydrogen-bond donors (Lipinski definition) is 0. The van der Waals surface area contributed by atoms with Gasteiger partial charge in [0.15, 0.2) is 0 Å². The van der Waals surface area contributed by atoms with Gasteiger partial charge in [-0.05, 0) is 91.4 Å². The summed E-state index contributed by atoms with van der Waals surface area (Å²) < 4.78 is 11.7. The third kappa shape index (κ3) is 5.10. The van der Waals surface area contributed by atoms with Crippen LogP contribution in [0.4, 0.5) is 0 Å². The van der Waals surface area contributed by atoms with E-state index in [9.17, 15) is 9.59 Å². The van der Waals surface area contributed by atoms with Gasteiger partial charge in [-0.15, -0.1) is 0 Å². The van der Waals surface area contributed by atoms with Crippen molar-refractivity contribution in [2.45, 2.75) is 125 Å². The normalized spacial score (nSPS) is 41.3. The van der Waals surface area contributed by atoms with Crippen LogP contribution in [0.15, 0.2) is 11.6 Å². The molecule has 0 saturated heterocycles. The highest BCUT2D eigenvalue weighted by Gasteiger charge is 2.60. The number of carbonyl (C=O) groups excluding carboxylic acids is 2. The van der Waals surface area contributed by atoms with Gasteiger partial charge in [0.1, 0.15) is 12.2 Å². The first-order valence-electron chi connectivity index (χ1n) is 14.5. The molecule has 0 N–H and O–H groups in total. The van der Waals surface area contributed by atoms with Crippen LogP contribution < -0.4 is 0 Å². The number of ether oxygens (including phenoxy) is 2. The fraction of sp³-hybridized carbons (Fsp3) is 0.871. The predicted octanol–water partition coefficient (Wildman–Crippen LogP) is 7.50. The molecule has 0 radical (unpaired) electrons. The van der Waals surface area contributed by atoms with Gasteiger partial charge < -0.3 is 9.47 Å². The average molecular weight is 487 g/mol. The van der Waals surface area contributed by atoms with E-state index in [1.807, 2.05) is 0 Å². The van der Waals surface area contributed by atoms with Crippen LogP contribution in [0, 0.1) is 46.3 Å². The lowest BCUT2D eigenvalue weighted by molar-refractivity contribution is -0.165. The molecule has 9 atom stereocenters. The zero-order valence-corrected chi connectivity index (χ0v) is 23.4. The average Bonchev–Trinajstić information content (AvgIpc) is 3.11. The van der Waals surface area contributed by atoms with Crippen molar-refractivity contribution in [3.63, 3.8) is 0 Å². The van der Waals surface area contributed by atoms with Gasteiger partial charge in [0, 0.05) is 19.8 Å². The second-order valence-corrected chi connectivity index (χ2v) is 13.5. The molecule has 0 unspecified atom stereocenters. The fourth-order valence-electron chi connectivity index (χ4n) is 9.19. The second kappa shape index (κ2) is 10.2. The summed E-state index contributed by atoms with van der Waals surface area (Å²) in [5.74, 6) is 3.34. The Hall–Kier alpha value is -1.32. The molecule has 3 fully saturated rings. The Labute approximate surface area is 214 Å². The van der Waals surface area contributed by atoms with E-state index >= 15 is 0 Å². The molecule has 198 valence electrons. The van der Waals surface area contributed by atoms with Gasteiger partial charge >= 0.3 is 11.9 Å². The molecule has 35 heavy (non-hydrogen) atoms. The van der Waals surface area contributed by atoms with Crippen molar-refractivity contribution in [1.29, 1.82) is 0 Å². The van der Waals surface area contributed by atoms with Crippen LogP contribution in [0.3, 0.4) is 0 Å². The molecular weight excluding hydrogens is 436 g/mol. The topological polar surface area (TPSA) is 52.6 Å². The minimum Gasteiger partial charge on any atom is -0.463 e. The summed E-state index contributed by atoms with van der Waals surface area (Å²) in [7, 11) is 0. The summed E-state index contributed by atoms with van der Waals surface area (Å²) in [4.78, 5) is 23.8. The summed E-state index contributed by atoms with van der Waals surface area (Å²) in [6.07, 6.45) is 14.1. The van der Waals surface area contributed by atoms with Crippen molar-refractivity contribution >= 4 is 11.9 Å². The number of rotatable bonds is 7. The molecule has 0 aliphatic heterocycles. The number of fused-ring (bicyclic) bond motifs is 5. The van der Waals surface area contributed by atoms with Crippen LogP contribution in [0.1, 0.15) is 113 Å². The number of hydrogen-bond acceptors (Lipinski definition) is 4. The monoisotopic (exact) mass is 486 g/mol. The Morgan fingerprint density at radius 1 is 0.914 bits per heavy atom. The van der Waals surface area contributed by atoms with Crippen molar-refractivity contribution in [1.82, 2.24) is 0 Å². The maximum absolute atomic E-state index is 12.2. The van der Waals surface area contributed by atoms with Crippen LogP contribution >= 0.6 is 0 Å². The van der Waals surface area contributed by atoms with Crippen LogP contribution in [0.25, 0.3) is 0 Å². The highest BCUT2D eigenvalue weighted by molar-refractivity contribution is 5.67. The summed E-state index contributed by atoms with van der Waals surface area (Å²) in [6.45, 7) is 15.2. The molecule has 4 nitrogen and oxygen atoms in total. The van der Waals surface area contributed by atoms with Crippen LogP contribution in [0.5, 0.6) is 0 Å². The van der Waals surface area contributed by atoms with E-state index in [-0.39, 0.29) is 35.5 Å². The van der Waals surface area contributed by atoms with Crippen molar-refractivity contribution in [3.05, 3.63) is 11.6 Å². The summed E-state index contributed by atoms with van der Waals surface area (Å²) in [5.41, 5.74) is 2.06. The third-order valence-electron chi connectivity index (χ3n) is 10.9. The summed E-state index contributed by atoms with van der Waals surface area (Å²) in [5, 5.41) is 0. The Morgan fingerprint density at radius 2 is 1.57 bits per heavy atom. The van der Waals surface area contributed by atoms with Gasteiger partial charge in [-0.1, -0.05) is 59.5 Å². The Kier molecular flexibility index (Phi) is 7.80. The van der Waals surface area contributed by atoms with Gasteiger partial charge in [0.25, 0.3) is 0 Å². The SMILES string of the molecule is CC(=O)O[C@H]1CC[C@@]2(C)[C@H](C1)[C@H](OC(C)=O)C=C1[C@@H]2CC[C@]2(C)[C@@H]([C@H](C)CCCC(C)C)CC[C@@H]12. The molecule has 0 aromatic heterocycles. The first-order chi connectivity index (χ1) is 16.5. The lowest BCUT2D eigenvalue weighted by atomic mass is 9.47. The molecule has 3 saturated carbocycles. The van der Waals surface area contributed by atoms with Gasteiger partial charge in [-0.3, -0.25) is 9.59 Å². The molecule has 0 amide bonds. The molecule has 4 heteroatoms. The molecule has 0 aromatic carbocycles. The molecule has 0 heterocycles. The highest BCUT2D eigenvalue weighted by atomic mass is 16.5. The van der Waals surface area contributed by atoms with Crippen molar-refractivity contribution in [3.8, 4) is 0 Å². The molecule has 0 aromatic rings. The minimum atomic E-state index is -0.206. The Morgan fingerprint density at radius 3 is 2.23 bits per heavy atom. The molecule has 0 spiro atoms. The minimum absolute atomic E-state index is 0.0602. The van der Waals surface area contributed by atoms with E-state index in [2.05, 4.69) is 40.7 Å². The van der Waals surface area contributed by atoms with Crippen molar-refractivity contribution in [2.24, 2.45) is 46.3 Å². The smallest absolute Gasteiger partial charge is 0.303 e. The third-order valence-corrected chi connectivity index (χ3v) is 10.9. The van der Waals surface area contributed by atoms with Gasteiger partial charge in [-0.2, -0.15) is 0 Å². The number of esters is 2. The maximum atomic E-state index is 12.2. The Balaban J connectivity index is 1.59. The van der Waals surface area contributed by atoms with E-state index in [1.54, 1.807) is 5.57 Å². The first kappa shape index (κ1) is 26.7. The van der Waals surface area contributed by atoms with Crippen molar-refractivity contribution in [2.75, 3.05) is 0 Å². The van der Waals surface area contributed by atoms with Crippen LogP contribution in [-0.4, -0.2) is 24.1 Å². The standard InChI is InChI=1S/C31H50O4/c1-19(2)9-8-10-20(3)25-11-12-26-24-18-29(35-22(5)33)28-17-23(34-21(4)32)13-15-31(28,7)27(24)14-16-30(25,26)6/h18-20,23,25-29H,8-17H2,1-7H3/t20-,23+,25-,26+,27+,28-,29-,30-,31-/m1/s1. The van der Waals surface area contributed by atoms with E-state index in [4.69, 9.17) is 9.47 Å². The maximum Gasteiger partial charge on any atom is 0.303 e. The number of allylic oxidation sites excluding steroid dienone is 1. The predicted molar refractivity (Wildman–Crippen MR) is 140 cm³/mol. The summed E-state index contributed by atoms with van der Waals surface area (Å²) in [6, 6.07) is 0. The van der Waals surface area contributed by atoms with Gasteiger partial charge in [0.05, 0.1) is 0 Å². The molecule has 4 rings (SSSR count). The Bertz CT molecular complexity index is 830. The van der Waals surface area contributed by atoms with E-state index in [0.29, 0.717) is 17.3 Å². The zero-order chi connectivity index (χ0) is 25.5. The number of carbonyl (C=O) groups is 2. The largest absolute Gasteiger partial charge is 0.463 e. The fourth-order valence-corrected chi connectivity index (χ4v) is 9.19. The van der Waals surface area contributed by atoms with Gasteiger partial charge in [-0.25, -0.2) is 0 Å². The molecule has 4 aliphatic carbocycles. The first-order valence-corrected chi connectivity index (χ1v) is 14.5. The highest BCUT2D eigenvalue weighted by Crippen LogP contribution is 2.67. The molecule has 4 aliphatic rings. The lowest BCUT2D eigenvalue weighted by Crippen LogP contribution is -2.54. The summed E-state index contributed by atoms with van der Waals surface area (Å²) >= 11 is 0. The molecular formula is C31H50O4. The van der Waals surface area contributed by atoms with Gasteiger partial charge in [0.2, 0.25) is 0 Å². The van der Waals surface area contributed by atoms with E-state index in [1.165, 1.54) is 58.8 Å². The van der Waals surface area contributed by atoms with Crippen LogP contribution in [-0.2, 0) is 19.1 Å².